The third-order valence-corrected chi connectivity index (χ3v) is 6.03. The minimum Gasteiger partial charge on any atom is -0.494 e. The number of carbonyl (C=O) groups is 2. The van der Waals surface area contributed by atoms with Crippen molar-refractivity contribution in [1.82, 2.24) is 10.2 Å². The quantitative estimate of drug-likeness (QED) is 0.387. The second-order valence-corrected chi connectivity index (χ2v) is 8.54. The van der Waals surface area contributed by atoms with Crippen molar-refractivity contribution in [1.29, 1.82) is 0 Å². The maximum atomic E-state index is 13.2. The van der Waals surface area contributed by atoms with Gasteiger partial charge in [-0.15, -0.1) is 0 Å². The van der Waals surface area contributed by atoms with Crippen molar-refractivity contribution in [2.45, 2.75) is 65.1 Å². The first kappa shape index (κ1) is 26.0. The highest BCUT2D eigenvalue weighted by Gasteiger charge is 2.30. The highest BCUT2D eigenvalue weighted by Crippen LogP contribution is 2.27. The number of nitrogens with one attached hydrogen (secondary N) is 1. The highest BCUT2D eigenvalue weighted by atomic mass is 35.5. The third-order valence-electron chi connectivity index (χ3n) is 5.32. The summed E-state index contributed by atoms with van der Waals surface area (Å²) in [7, 11) is 0. The molecule has 0 aliphatic heterocycles. The fourth-order valence-electron chi connectivity index (χ4n) is 3.29. The Hall–Kier alpha value is -2.24. The number of benzene rings is 2. The average molecular weight is 479 g/mol. The van der Waals surface area contributed by atoms with Crippen LogP contribution >= 0.6 is 23.2 Å². The molecule has 0 saturated carbocycles. The summed E-state index contributed by atoms with van der Waals surface area (Å²) in [6.45, 7) is 6.43. The zero-order valence-corrected chi connectivity index (χ0v) is 20.5. The van der Waals surface area contributed by atoms with Crippen LogP contribution < -0.4 is 10.1 Å². The molecule has 5 nitrogen and oxygen atoms in total. The molecule has 0 unspecified atom stereocenters. The molecule has 2 atom stereocenters. The number of hydrogen-bond donors (Lipinski definition) is 1. The molecule has 2 aromatic rings. The van der Waals surface area contributed by atoms with E-state index in [4.69, 9.17) is 27.9 Å². The molecular formula is C25H32Cl2N2O3. The van der Waals surface area contributed by atoms with Crippen molar-refractivity contribution in [3.63, 3.8) is 0 Å². The summed E-state index contributed by atoms with van der Waals surface area (Å²) in [4.78, 5) is 27.8. The van der Waals surface area contributed by atoms with Gasteiger partial charge in [0.25, 0.3) is 0 Å². The lowest BCUT2D eigenvalue weighted by molar-refractivity contribution is -0.141. The predicted molar refractivity (Wildman–Crippen MR) is 130 cm³/mol. The molecule has 1 N–H and O–H groups in total. The molecule has 2 rings (SSSR count). The van der Waals surface area contributed by atoms with Crippen LogP contribution in [0.15, 0.2) is 48.5 Å². The van der Waals surface area contributed by atoms with Crippen LogP contribution in [0.1, 0.15) is 52.0 Å². The minimum atomic E-state index is -0.612. The van der Waals surface area contributed by atoms with Crippen molar-refractivity contribution in [2.24, 2.45) is 0 Å². The molecule has 0 aromatic heterocycles. The van der Waals surface area contributed by atoms with Crippen LogP contribution in [0.4, 0.5) is 0 Å². The fourth-order valence-corrected chi connectivity index (χ4v) is 3.81. The fraction of sp³-hybridized carbons (Fsp3) is 0.440. The van der Waals surface area contributed by atoms with Gasteiger partial charge in [-0.25, -0.2) is 0 Å². The molecule has 0 fully saturated rings. The maximum absolute atomic E-state index is 13.2. The van der Waals surface area contributed by atoms with Gasteiger partial charge in [-0.05, 0) is 50.5 Å². The van der Waals surface area contributed by atoms with Crippen LogP contribution in [0.25, 0.3) is 0 Å². The van der Waals surface area contributed by atoms with Crippen LogP contribution in [0.3, 0.4) is 0 Å². The second-order valence-electron chi connectivity index (χ2n) is 7.73. The maximum Gasteiger partial charge on any atom is 0.243 e. The molecule has 2 aromatic carbocycles. The molecule has 174 valence electrons. The van der Waals surface area contributed by atoms with Crippen LogP contribution in [-0.2, 0) is 16.1 Å². The molecule has 0 spiro atoms. The number of hydrogen-bond acceptors (Lipinski definition) is 3. The molecular weight excluding hydrogens is 447 g/mol. The van der Waals surface area contributed by atoms with Crippen molar-refractivity contribution >= 4 is 35.0 Å². The zero-order chi connectivity index (χ0) is 23.5. The molecule has 32 heavy (non-hydrogen) atoms. The van der Waals surface area contributed by atoms with Crippen LogP contribution in [0.5, 0.6) is 5.75 Å². The van der Waals surface area contributed by atoms with Crippen LogP contribution in [0.2, 0.25) is 10.0 Å². The van der Waals surface area contributed by atoms with E-state index in [0.717, 1.165) is 12.2 Å². The van der Waals surface area contributed by atoms with Crippen molar-refractivity contribution < 1.29 is 14.3 Å². The normalized spacial score (nSPS) is 12.7. The van der Waals surface area contributed by atoms with Gasteiger partial charge in [0, 0.05) is 34.6 Å². The molecule has 2 amide bonds. The SMILES string of the molecule is CC[C@H](C)NC(=O)[C@H](CC)N(Cc1c(Cl)cccc1Cl)C(=O)CCCOc1ccccc1. The lowest BCUT2D eigenvalue weighted by Gasteiger charge is -2.32. The topological polar surface area (TPSA) is 58.6 Å². The molecule has 0 radical (unpaired) electrons. The van der Waals surface area contributed by atoms with E-state index in [1.807, 2.05) is 51.1 Å². The Kier molecular flexibility index (Phi) is 10.8. The van der Waals surface area contributed by atoms with Crippen molar-refractivity contribution in [3.05, 3.63) is 64.1 Å². The predicted octanol–water partition coefficient (Wildman–Crippen LogP) is 5.87. The van der Waals surface area contributed by atoms with Gasteiger partial charge in [-0.1, -0.05) is 61.3 Å². The van der Waals surface area contributed by atoms with Gasteiger partial charge in [-0.2, -0.15) is 0 Å². The molecule has 0 heterocycles. The lowest BCUT2D eigenvalue weighted by Crippen LogP contribution is -2.50. The van der Waals surface area contributed by atoms with Gasteiger partial charge in [0.1, 0.15) is 11.8 Å². The lowest BCUT2D eigenvalue weighted by atomic mass is 10.1. The Morgan fingerprint density at radius 3 is 2.25 bits per heavy atom. The summed E-state index contributed by atoms with van der Waals surface area (Å²) in [6, 6.07) is 14.1. The van der Waals surface area contributed by atoms with E-state index >= 15 is 0 Å². The largest absolute Gasteiger partial charge is 0.494 e. The Labute approximate surface area is 201 Å². The van der Waals surface area contributed by atoms with Gasteiger partial charge in [-0.3, -0.25) is 9.59 Å². The average Bonchev–Trinajstić information content (AvgIpc) is 2.78. The highest BCUT2D eigenvalue weighted by molar-refractivity contribution is 6.36. The van der Waals surface area contributed by atoms with Gasteiger partial charge >= 0.3 is 0 Å². The van der Waals surface area contributed by atoms with E-state index in [1.54, 1.807) is 23.1 Å². The van der Waals surface area contributed by atoms with E-state index in [2.05, 4.69) is 5.32 Å². The number of halogens is 2. The minimum absolute atomic E-state index is 0.0247. The van der Waals surface area contributed by atoms with E-state index in [1.165, 1.54) is 0 Å². The Bertz CT molecular complexity index is 856. The molecule has 0 aliphatic rings. The van der Waals surface area contributed by atoms with E-state index in [-0.39, 0.29) is 30.8 Å². The third kappa shape index (κ3) is 7.72. The summed E-state index contributed by atoms with van der Waals surface area (Å²) in [6.07, 6.45) is 2.08. The summed E-state index contributed by atoms with van der Waals surface area (Å²) < 4.78 is 5.70. The number of nitrogens with zero attached hydrogens (tertiary/aromatic N) is 1. The number of ether oxygens (including phenoxy) is 1. The van der Waals surface area contributed by atoms with Crippen molar-refractivity contribution in [2.75, 3.05) is 6.61 Å². The molecule has 0 aliphatic carbocycles. The van der Waals surface area contributed by atoms with Gasteiger partial charge in [0.15, 0.2) is 0 Å². The van der Waals surface area contributed by atoms with E-state index in [9.17, 15) is 9.59 Å². The van der Waals surface area contributed by atoms with Gasteiger partial charge in [0.2, 0.25) is 11.8 Å². The Morgan fingerprint density at radius 2 is 1.66 bits per heavy atom. The molecule has 0 bridgehead atoms. The second kappa shape index (κ2) is 13.3. The van der Waals surface area contributed by atoms with E-state index < -0.39 is 6.04 Å². The Balaban J connectivity index is 2.14. The first-order valence-corrected chi connectivity index (χ1v) is 11.8. The number of rotatable bonds is 12. The zero-order valence-electron chi connectivity index (χ0n) is 18.9. The molecule has 0 saturated heterocycles. The van der Waals surface area contributed by atoms with Crippen LogP contribution in [0, 0.1) is 0 Å². The number of amides is 2. The summed E-state index contributed by atoms with van der Waals surface area (Å²) in [5, 5.41) is 3.94. The van der Waals surface area contributed by atoms with Gasteiger partial charge < -0.3 is 15.0 Å². The molecule has 7 heteroatoms. The van der Waals surface area contributed by atoms with E-state index in [0.29, 0.717) is 35.1 Å². The van der Waals surface area contributed by atoms with Crippen molar-refractivity contribution in [3.8, 4) is 5.75 Å². The first-order valence-electron chi connectivity index (χ1n) is 11.1. The van der Waals surface area contributed by atoms with Crippen LogP contribution in [-0.4, -0.2) is 35.4 Å². The number of carbonyl (C=O) groups excluding carboxylic acids is 2. The Morgan fingerprint density at radius 1 is 1.00 bits per heavy atom. The standard InChI is InChI=1S/C25H32Cl2N2O3/c1-4-18(3)28-25(31)23(5-2)29(17-20-21(26)13-9-14-22(20)27)24(30)15-10-16-32-19-11-7-6-8-12-19/h6-9,11-14,18,23H,4-5,10,15-17H2,1-3H3,(H,28,31)/t18-,23-/m0/s1. The summed E-state index contributed by atoms with van der Waals surface area (Å²) in [5.74, 6) is 0.460. The monoisotopic (exact) mass is 478 g/mol. The summed E-state index contributed by atoms with van der Waals surface area (Å²) in [5.41, 5.74) is 0.638. The summed E-state index contributed by atoms with van der Waals surface area (Å²) >= 11 is 12.7. The number of para-hydroxylation sites is 1. The van der Waals surface area contributed by atoms with Gasteiger partial charge in [0.05, 0.1) is 6.61 Å². The smallest absolute Gasteiger partial charge is 0.243 e. The first-order chi connectivity index (χ1) is 15.4.